The Morgan fingerprint density at radius 2 is 1.81 bits per heavy atom. The van der Waals surface area contributed by atoms with Crippen molar-refractivity contribution in [1.82, 2.24) is 20.2 Å². The van der Waals surface area contributed by atoms with E-state index in [1.165, 1.54) is 18.9 Å². The number of hydrogen-bond donors (Lipinski definition) is 1. The summed E-state index contributed by atoms with van der Waals surface area (Å²) in [6, 6.07) is 3.00. The van der Waals surface area contributed by atoms with Crippen LogP contribution in [0.15, 0.2) is 18.2 Å². The van der Waals surface area contributed by atoms with Gasteiger partial charge in [0.1, 0.15) is 24.0 Å². The van der Waals surface area contributed by atoms with E-state index in [-0.39, 0.29) is 36.1 Å². The topological polar surface area (TPSA) is 120 Å². The molecule has 2 aromatic rings. The van der Waals surface area contributed by atoms with Crippen molar-refractivity contribution in [3.8, 4) is 11.6 Å². The number of carbonyl (C=O) groups excluding carboxylic acids is 3. The molecule has 2 amide bonds. The highest BCUT2D eigenvalue weighted by Gasteiger charge is 2.60. The molecule has 1 aromatic carbocycles. The molecule has 0 radical (unpaired) electrons. The predicted octanol–water partition coefficient (Wildman–Crippen LogP) is 5.90. The average Bonchev–Trinajstić information content (AvgIpc) is 3.92. The monoisotopic (exact) mass is 668 g/mol. The van der Waals surface area contributed by atoms with Crippen LogP contribution in [0.4, 0.5) is 13.6 Å². The van der Waals surface area contributed by atoms with Gasteiger partial charge in [0.05, 0.1) is 30.7 Å². The average molecular weight is 669 g/mol. The number of alkyl halides is 2. The molecule has 4 fully saturated rings. The maximum Gasteiger partial charge on any atom is 0.408 e. The number of ether oxygens (including phenoxy) is 3. The third-order valence-corrected chi connectivity index (χ3v) is 11.6. The minimum Gasteiger partial charge on any atom is -0.497 e. The molecule has 260 valence electrons. The van der Waals surface area contributed by atoms with Gasteiger partial charge in [0.2, 0.25) is 11.8 Å². The lowest BCUT2D eigenvalue weighted by Gasteiger charge is -2.36. The lowest BCUT2D eigenvalue weighted by Crippen LogP contribution is -2.57. The van der Waals surface area contributed by atoms with Crippen LogP contribution in [0.25, 0.3) is 11.0 Å². The van der Waals surface area contributed by atoms with Crippen LogP contribution >= 0.6 is 0 Å². The van der Waals surface area contributed by atoms with Crippen LogP contribution in [0.3, 0.4) is 0 Å². The summed E-state index contributed by atoms with van der Waals surface area (Å²) in [6.45, 7) is 8.78. The zero-order valence-electron chi connectivity index (χ0n) is 28.5. The number of amides is 2. The van der Waals surface area contributed by atoms with Crippen LogP contribution < -0.4 is 14.8 Å². The molecule has 3 aliphatic carbocycles. The van der Waals surface area contributed by atoms with E-state index in [9.17, 15) is 14.4 Å². The van der Waals surface area contributed by atoms with Gasteiger partial charge in [-0.3, -0.25) is 9.59 Å². The smallest absolute Gasteiger partial charge is 0.408 e. The van der Waals surface area contributed by atoms with Crippen LogP contribution in [0, 0.1) is 40.9 Å². The Morgan fingerprint density at radius 1 is 1.04 bits per heavy atom. The summed E-state index contributed by atoms with van der Waals surface area (Å²) < 4.78 is 51.0. The first-order valence-corrected chi connectivity index (χ1v) is 17.4. The number of alkyl carbamates (subject to hydrolysis) is 1. The number of nitrogens with zero attached hydrogens (tertiary/aromatic N) is 3. The van der Waals surface area contributed by atoms with Gasteiger partial charge in [-0.05, 0) is 86.7 Å². The number of benzene rings is 1. The molecule has 1 N–H and O–H groups in total. The zero-order chi connectivity index (χ0) is 34.3. The second-order valence-corrected chi connectivity index (χ2v) is 15.8. The highest BCUT2D eigenvalue weighted by atomic mass is 19.3. The largest absolute Gasteiger partial charge is 0.497 e. The van der Waals surface area contributed by atoms with Gasteiger partial charge in [0.25, 0.3) is 5.92 Å². The van der Waals surface area contributed by atoms with E-state index in [4.69, 9.17) is 14.2 Å². The summed E-state index contributed by atoms with van der Waals surface area (Å²) in [6.07, 6.45) is 2.08. The molecule has 2 aliphatic heterocycles. The molecular weight excluding hydrogens is 622 g/mol. The van der Waals surface area contributed by atoms with Crippen LogP contribution in [0.2, 0.25) is 0 Å². The van der Waals surface area contributed by atoms with Crippen molar-refractivity contribution in [2.24, 2.45) is 40.9 Å². The maximum atomic E-state index is 16.6. The maximum absolute atomic E-state index is 16.6. The summed E-state index contributed by atoms with van der Waals surface area (Å²) in [5.74, 6) is -4.46. The third-order valence-electron chi connectivity index (χ3n) is 11.6. The molecule has 48 heavy (non-hydrogen) atoms. The van der Waals surface area contributed by atoms with Gasteiger partial charge in [0.15, 0.2) is 11.5 Å². The van der Waals surface area contributed by atoms with Crippen LogP contribution in [-0.4, -0.2) is 70.6 Å². The number of Topliss-reactive ketones (excluding diaryl/α,β-unsaturated/α-hetero) is 1. The quantitative estimate of drug-likeness (QED) is 0.430. The molecule has 3 heterocycles. The van der Waals surface area contributed by atoms with Gasteiger partial charge < -0.3 is 24.4 Å². The van der Waals surface area contributed by atoms with Gasteiger partial charge in [-0.2, -0.15) is 8.78 Å². The molecule has 2 bridgehead atoms. The number of aromatic nitrogens is 2. The SMILES string of the molecule is CC[C@@H]1[C@@H]2CN(C(=O)[C@H](C(C)(C)C)NC(=O)O[C@@H]3CC4CC4[C@H]3CCC3CC3C(F)(F)c3nc4ccc(OC)cc4nc3O2)[C@@H]1C(C)=O. The number of carbonyl (C=O) groups is 3. The predicted molar refractivity (Wildman–Crippen MR) is 172 cm³/mol. The van der Waals surface area contributed by atoms with Crippen molar-refractivity contribution in [2.75, 3.05) is 13.7 Å². The van der Waals surface area contributed by atoms with E-state index in [2.05, 4.69) is 15.3 Å². The van der Waals surface area contributed by atoms with Crippen molar-refractivity contribution >= 4 is 28.8 Å². The van der Waals surface area contributed by atoms with Gasteiger partial charge in [-0.15, -0.1) is 0 Å². The molecule has 4 unspecified atom stereocenters. The number of methoxy groups -OCH3 is 1. The number of halogens is 2. The highest BCUT2D eigenvalue weighted by Crippen LogP contribution is 2.61. The molecule has 12 heteroatoms. The first-order chi connectivity index (χ1) is 22.7. The number of hydrogen-bond acceptors (Lipinski definition) is 8. The first-order valence-electron chi connectivity index (χ1n) is 17.4. The fourth-order valence-electron chi connectivity index (χ4n) is 8.87. The Kier molecular flexibility index (Phi) is 8.09. The Hall–Kier alpha value is -3.57. The molecule has 10 atom stereocenters. The minimum absolute atomic E-state index is 0.0478. The van der Waals surface area contributed by atoms with E-state index in [1.807, 2.05) is 27.7 Å². The number of rotatable bonds is 3. The number of fused-ring (bicyclic) bond motifs is 8. The molecule has 5 aliphatic rings. The number of ketones is 1. The van der Waals surface area contributed by atoms with Crippen LogP contribution in [-0.2, 0) is 20.2 Å². The van der Waals surface area contributed by atoms with E-state index in [0.29, 0.717) is 54.3 Å². The van der Waals surface area contributed by atoms with Crippen molar-refractivity contribution in [3.05, 3.63) is 23.9 Å². The summed E-state index contributed by atoms with van der Waals surface area (Å²) in [5.41, 5.74) is -0.613. The molecule has 0 spiro atoms. The summed E-state index contributed by atoms with van der Waals surface area (Å²) in [5, 5.41) is 2.86. The summed E-state index contributed by atoms with van der Waals surface area (Å²) in [7, 11) is 1.51. The second kappa shape index (κ2) is 11.8. The molecule has 10 nitrogen and oxygen atoms in total. The van der Waals surface area contributed by atoms with Crippen LogP contribution in [0.5, 0.6) is 11.6 Å². The number of nitrogens with one attached hydrogen (secondary N) is 1. The van der Waals surface area contributed by atoms with Crippen molar-refractivity contribution < 1.29 is 37.4 Å². The van der Waals surface area contributed by atoms with E-state index >= 15 is 8.78 Å². The van der Waals surface area contributed by atoms with Crippen LogP contribution in [0.1, 0.15) is 78.8 Å². The molecular formula is C36H46F2N4O6. The van der Waals surface area contributed by atoms with Gasteiger partial charge in [-0.25, -0.2) is 14.8 Å². The fourth-order valence-corrected chi connectivity index (χ4v) is 8.87. The highest BCUT2D eigenvalue weighted by molar-refractivity contribution is 5.92. The van der Waals surface area contributed by atoms with Crippen molar-refractivity contribution in [2.45, 2.75) is 103 Å². The molecule has 7 rings (SSSR count). The second-order valence-electron chi connectivity index (χ2n) is 15.8. The first kappa shape index (κ1) is 33.0. The standard InChI is InChI=1S/C36H46F2N4O6/c1-7-21-28-16-42(29(21)17(2)43)33(44)31(35(3,4)5)41-34(45)48-27-14-19-12-23(19)22(27)10-8-18-13-24(18)36(37,38)30-32(47-28)40-26-15-20(46-6)9-11-25(26)39-30/h9,11,15,18-19,21-24,27-29,31H,7-8,10,12-14,16H2,1-6H3,(H,41,45)/t18?,19?,21-,22-,23?,24?,27-,28+,29-,31-/m1/s1. The van der Waals surface area contributed by atoms with Crippen molar-refractivity contribution in [1.29, 1.82) is 0 Å². The lowest BCUT2D eigenvalue weighted by atomic mass is 9.85. The van der Waals surface area contributed by atoms with Crippen molar-refractivity contribution in [3.63, 3.8) is 0 Å². The lowest BCUT2D eigenvalue weighted by molar-refractivity contribution is -0.141. The van der Waals surface area contributed by atoms with Gasteiger partial charge in [-0.1, -0.05) is 27.7 Å². The van der Waals surface area contributed by atoms with Gasteiger partial charge >= 0.3 is 6.09 Å². The normalized spacial score (nSPS) is 35.9. The molecule has 1 aromatic heterocycles. The third kappa shape index (κ3) is 5.76. The van der Waals surface area contributed by atoms with Gasteiger partial charge in [0, 0.05) is 17.9 Å². The fraction of sp³-hybridized carbons (Fsp3) is 0.694. The Morgan fingerprint density at radius 3 is 2.50 bits per heavy atom. The van der Waals surface area contributed by atoms with E-state index in [0.717, 1.165) is 12.8 Å². The summed E-state index contributed by atoms with van der Waals surface area (Å²) >= 11 is 0. The molecule has 3 saturated carbocycles. The zero-order valence-corrected chi connectivity index (χ0v) is 28.5. The molecule has 1 saturated heterocycles. The van der Waals surface area contributed by atoms with E-state index < -0.39 is 59.1 Å². The minimum atomic E-state index is -3.33. The Bertz CT molecular complexity index is 1630. The summed E-state index contributed by atoms with van der Waals surface area (Å²) in [4.78, 5) is 51.5. The van der Waals surface area contributed by atoms with E-state index in [1.54, 1.807) is 18.2 Å². The Labute approximate surface area is 279 Å². The Balaban J connectivity index is 1.32.